The van der Waals surface area contributed by atoms with E-state index in [1.807, 2.05) is 48.7 Å². The highest BCUT2D eigenvalue weighted by atomic mass is 16.5. The predicted octanol–water partition coefficient (Wildman–Crippen LogP) is 4.18. The van der Waals surface area contributed by atoms with Gasteiger partial charge in [-0.1, -0.05) is 18.2 Å². The fraction of sp³-hybridized carbons (Fsp3) is 0.115. The van der Waals surface area contributed by atoms with E-state index < -0.39 is 0 Å². The Morgan fingerprint density at radius 1 is 1.09 bits per heavy atom. The molecule has 0 bridgehead atoms. The molecule has 0 amide bonds. The molecule has 0 atom stereocenters. The van der Waals surface area contributed by atoms with Gasteiger partial charge in [-0.2, -0.15) is 15.5 Å². The summed E-state index contributed by atoms with van der Waals surface area (Å²) in [5.41, 5.74) is 5.42. The molecule has 166 valence electrons. The smallest absolute Gasteiger partial charge is 0.188 e. The number of fused-ring (bicyclic) bond motifs is 1. The van der Waals surface area contributed by atoms with Gasteiger partial charge in [-0.25, -0.2) is 0 Å². The topological polar surface area (TPSA) is 109 Å². The van der Waals surface area contributed by atoms with Crippen LogP contribution >= 0.6 is 0 Å². The number of H-pyrrole nitrogens is 1. The molecule has 0 fully saturated rings. The molecule has 8 nitrogen and oxygen atoms in total. The summed E-state index contributed by atoms with van der Waals surface area (Å²) in [4.78, 5) is 17.2. The highest BCUT2D eigenvalue weighted by Gasteiger charge is 2.16. The fourth-order valence-electron chi connectivity index (χ4n) is 3.88. The lowest BCUT2D eigenvalue weighted by molar-refractivity contribution is 0.0989. The molecule has 8 heteroatoms. The van der Waals surface area contributed by atoms with Crippen LogP contribution in [-0.4, -0.2) is 37.9 Å². The Labute approximate surface area is 195 Å². The van der Waals surface area contributed by atoms with Crippen LogP contribution < -0.4 is 4.74 Å². The minimum absolute atomic E-state index is 0.0897. The van der Waals surface area contributed by atoms with Crippen LogP contribution in [0, 0.1) is 11.3 Å². The third-order valence-corrected chi connectivity index (χ3v) is 5.56. The number of carbonyl (C=O) groups is 1. The summed E-state index contributed by atoms with van der Waals surface area (Å²) in [6, 6.07) is 17.2. The van der Waals surface area contributed by atoms with Crippen LogP contribution in [-0.2, 0) is 13.0 Å². The maximum absolute atomic E-state index is 13.0. The maximum Gasteiger partial charge on any atom is 0.188 e. The molecule has 0 aliphatic carbocycles. The number of rotatable bonds is 7. The molecule has 0 aliphatic heterocycles. The Hall–Kier alpha value is -4.77. The van der Waals surface area contributed by atoms with Gasteiger partial charge in [-0.15, -0.1) is 0 Å². The van der Waals surface area contributed by atoms with Crippen molar-refractivity contribution in [3.05, 3.63) is 95.7 Å². The van der Waals surface area contributed by atoms with Crippen molar-refractivity contribution in [3.63, 3.8) is 0 Å². The second-order valence-corrected chi connectivity index (χ2v) is 7.90. The summed E-state index contributed by atoms with van der Waals surface area (Å²) in [6.07, 6.45) is 7.15. The van der Waals surface area contributed by atoms with Crippen molar-refractivity contribution in [1.29, 1.82) is 5.26 Å². The van der Waals surface area contributed by atoms with Gasteiger partial charge in [0.25, 0.3) is 0 Å². The van der Waals surface area contributed by atoms with E-state index in [1.54, 1.807) is 36.4 Å². The van der Waals surface area contributed by atoms with Crippen LogP contribution in [0.25, 0.3) is 22.0 Å². The number of ketones is 1. The number of ether oxygens (including phenoxy) is 1. The minimum Gasteiger partial charge on any atom is -0.495 e. The van der Waals surface area contributed by atoms with Crippen molar-refractivity contribution >= 4 is 16.7 Å². The molecular formula is C26H20N6O2. The molecule has 3 aromatic heterocycles. The minimum atomic E-state index is -0.0897. The summed E-state index contributed by atoms with van der Waals surface area (Å²) in [5, 5.41) is 21.4. The zero-order valence-corrected chi connectivity index (χ0v) is 18.4. The number of methoxy groups -OCH3 is 1. The van der Waals surface area contributed by atoms with Gasteiger partial charge in [0.1, 0.15) is 11.4 Å². The summed E-state index contributed by atoms with van der Waals surface area (Å²) < 4.78 is 7.01. The average Bonchev–Trinajstić information content (AvgIpc) is 3.50. The molecule has 0 spiro atoms. The van der Waals surface area contributed by atoms with Crippen LogP contribution in [0.4, 0.5) is 0 Å². The number of Topliss-reactive ketones (excluding diaryl/α,β-unsaturated/α-hetero) is 1. The number of benzene rings is 2. The van der Waals surface area contributed by atoms with Gasteiger partial charge in [0.05, 0.1) is 43.2 Å². The van der Waals surface area contributed by atoms with Crippen LogP contribution in [0.1, 0.15) is 27.2 Å². The van der Waals surface area contributed by atoms with E-state index in [0.717, 1.165) is 33.2 Å². The van der Waals surface area contributed by atoms with E-state index in [9.17, 15) is 4.79 Å². The van der Waals surface area contributed by atoms with Gasteiger partial charge in [-0.05, 0) is 47.0 Å². The number of aromatic nitrogens is 5. The molecular weight excluding hydrogens is 428 g/mol. The van der Waals surface area contributed by atoms with Gasteiger partial charge in [0, 0.05) is 29.8 Å². The van der Waals surface area contributed by atoms with Gasteiger partial charge in [0.2, 0.25) is 0 Å². The summed E-state index contributed by atoms with van der Waals surface area (Å²) in [6.45, 7) is 0.525. The summed E-state index contributed by atoms with van der Waals surface area (Å²) in [5.74, 6) is 0.587. The van der Waals surface area contributed by atoms with Gasteiger partial charge < -0.3 is 4.74 Å². The number of hydrogen-bond acceptors (Lipinski definition) is 6. The molecule has 0 saturated carbocycles. The van der Waals surface area contributed by atoms with Crippen molar-refractivity contribution < 1.29 is 9.53 Å². The third-order valence-electron chi connectivity index (χ3n) is 5.56. The van der Waals surface area contributed by atoms with E-state index in [2.05, 4.69) is 26.3 Å². The van der Waals surface area contributed by atoms with Crippen molar-refractivity contribution in [2.24, 2.45) is 0 Å². The maximum atomic E-state index is 13.0. The number of nitrogens with one attached hydrogen (secondary N) is 1. The quantitative estimate of drug-likeness (QED) is 0.374. The number of nitriles is 1. The van der Waals surface area contributed by atoms with Crippen molar-refractivity contribution in [2.45, 2.75) is 13.0 Å². The first-order chi connectivity index (χ1) is 16.6. The monoisotopic (exact) mass is 448 g/mol. The average molecular weight is 448 g/mol. The highest BCUT2D eigenvalue weighted by Crippen LogP contribution is 2.27. The van der Waals surface area contributed by atoms with E-state index in [1.165, 1.54) is 0 Å². The Bertz CT molecular complexity index is 1540. The first-order valence-corrected chi connectivity index (χ1v) is 10.6. The molecule has 0 aliphatic rings. The number of pyridine rings is 1. The van der Waals surface area contributed by atoms with Crippen LogP contribution in [0.2, 0.25) is 0 Å². The lowest BCUT2D eigenvalue weighted by Crippen LogP contribution is -2.04. The van der Waals surface area contributed by atoms with Gasteiger partial charge in [-0.3, -0.25) is 19.6 Å². The summed E-state index contributed by atoms with van der Waals surface area (Å²) in [7, 11) is 1.60. The predicted molar refractivity (Wildman–Crippen MR) is 126 cm³/mol. The van der Waals surface area contributed by atoms with Crippen molar-refractivity contribution in [1.82, 2.24) is 25.0 Å². The Morgan fingerprint density at radius 3 is 2.85 bits per heavy atom. The number of carbonyl (C=O) groups excluding carboxylic acids is 1. The molecule has 34 heavy (non-hydrogen) atoms. The largest absolute Gasteiger partial charge is 0.495 e. The SMILES string of the molecule is COc1cncc(-c2ccc3c(C(=O)Cc4cnn(Cc5cccc(C#N)c5)c4)n[nH]c3c2)c1. The standard InChI is InChI=1S/C26H20N6O2/c1-34-22-9-21(13-28-14-22)20-5-6-23-24(10-20)30-31-26(23)25(33)8-19-12-29-32(16-19)15-18-4-2-3-17(7-18)11-27/h2-7,9-10,12-14,16H,8,15H2,1H3,(H,30,31). The third kappa shape index (κ3) is 4.27. The van der Waals surface area contributed by atoms with Gasteiger partial charge >= 0.3 is 0 Å². The molecule has 5 rings (SSSR count). The number of aromatic amines is 1. The van der Waals surface area contributed by atoms with E-state index in [-0.39, 0.29) is 12.2 Å². The Balaban J connectivity index is 1.32. The first-order valence-electron chi connectivity index (χ1n) is 10.6. The second kappa shape index (κ2) is 9.00. The summed E-state index contributed by atoms with van der Waals surface area (Å²) >= 11 is 0. The molecule has 5 aromatic rings. The zero-order chi connectivity index (χ0) is 23.5. The van der Waals surface area contributed by atoms with E-state index in [0.29, 0.717) is 23.6 Å². The lowest BCUT2D eigenvalue weighted by atomic mass is 10.0. The fourth-order valence-corrected chi connectivity index (χ4v) is 3.88. The highest BCUT2D eigenvalue weighted by molar-refractivity contribution is 6.07. The van der Waals surface area contributed by atoms with Crippen molar-refractivity contribution in [2.75, 3.05) is 7.11 Å². The number of nitrogens with zero attached hydrogens (tertiary/aromatic N) is 5. The molecule has 0 radical (unpaired) electrons. The second-order valence-electron chi connectivity index (χ2n) is 7.90. The Kier molecular flexibility index (Phi) is 5.58. The zero-order valence-electron chi connectivity index (χ0n) is 18.4. The molecule has 0 saturated heterocycles. The molecule has 0 unspecified atom stereocenters. The van der Waals surface area contributed by atoms with E-state index in [4.69, 9.17) is 10.00 Å². The Morgan fingerprint density at radius 2 is 2.00 bits per heavy atom. The van der Waals surface area contributed by atoms with Crippen LogP contribution in [0.3, 0.4) is 0 Å². The number of hydrogen-bond donors (Lipinski definition) is 1. The first kappa shape index (κ1) is 21.1. The normalized spacial score (nSPS) is 10.8. The molecule has 3 heterocycles. The van der Waals surface area contributed by atoms with E-state index >= 15 is 0 Å². The van der Waals surface area contributed by atoms with Crippen molar-refractivity contribution in [3.8, 4) is 22.9 Å². The van der Waals surface area contributed by atoms with Crippen LogP contribution in [0.15, 0.2) is 73.3 Å². The van der Waals surface area contributed by atoms with Gasteiger partial charge in [0.15, 0.2) is 5.78 Å². The lowest BCUT2D eigenvalue weighted by Gasteiger charge is -2.04. The molecule has 1 N–H and O–H groups in total. The van der Waals surface area contributed by atoms with Crippen LogP contribution in [0.5, 0.6) is 5.75 Å². The molecule has 2 aromatic carbocycles.